The Bertz CT molecular complexity index is 657. The number of benzene rings is 1. The molecule has 0 atom stereocenters. The van der Waals surface area contributed by atoms with Crippen molar-refractivity contribution in [1.82, 2.24) is 5.43 Å². The van der Waals surface area contributed by atoms with E-state index >= 15 is 0 Å². The smallest absolute Gasteiger partial charge is 0.419 e. The van der Waals surface area contributed by atoms with Gasteiger partial charge in [-0.15, -0.1) is 0 Å². The average Bonchev–Trinajstić information content (AvgIpc) is 3.28. The zero-order valence-electron chi connectivity index (χ0n) is 12.4. The van der Waals surface area contributed by atoms with Gasteiger partial charge < -0.3 is 25.7 Å². The summed E-state index contributed by atoms with van der Waals surface area (Å²) in [6.45, 7) is 0.169. The van der Waals surface area contributed by atoms with Crippen molar-refractivity contribution in [3.05, 3.63) is 35.3 Å². The third kappa shape index (κ3) is 4.44. The summed E-state index contributed by atoms with van der Waals surface area (Å²) >= 11 is 0. The normalized spacial score (nSPS) is 15.5. The van der Waals surface area contributed by atoms with Crippen LogP contribution >= 0.6 is 0 Å². The number of carboxylic acids is 1. The Hall–Kier alpha value is -2.62. The van der Waals surface area contributed by atoms with Gasteiger partial charge in [0.1, 0.15) is 11.5 Å². The molecule has 10 heteroatoms. The number of hydrogen-bond donors (Lipinski definition) is 4. The molecule has 1 aliphatic rings. The van der Waals surface area contributed by atoms with Crippen LogP contribution in [0.2, 0.25) is 0 Å². The van der Waals surface area contributed by atoms with Gasteiger partial charge in [0.15, 0.2) is 5.70 Å². The van der Waals surface area contributed by atoms with Gasteiger partial charge in [-0.25, -0.2) is 4.79 Å². The molecule has 1 aromatic rings. The number of carbonyl (C=O) groups is 1. The molecule has 0 amide bonds. The van der Waals surface area contributed by atoms with Gasteiger partial charge in [0.2, 0.25) is 5.88 Å². The maximum atomic E-state index is 13.0. The fraction of sp³-hybridized carbons (Fsp3) is 0.357. The molecule has 6 N–H and O–H groups in total. The Balaban J connectivity index is 2.27. The van der Waals surface area contributed by atoms with Crippen molar-refractivity contribution in [2.75, 3.05) is 6.61 Å². The fourth-order valence-electron chi connectivity index (χ4n) is 1.83. The molecule has 1 fully saturated rings. The quantitative estimate of drug-likeness (QED) is 0.256. The minimum atomic E-state index is -4.59. The van der Waals surface area contributed by atoms with E-state index in [2.05, 4.69) is 0 Å². The van der Waals surface area contributed by atoms with E-state index < -0.39 is 35.0 Å². The lowest BCUT2D eigenvalue weighted by Gasteiger charge is -2.16. The Morgan fingerprint density at radius 1 is 1.38 bits per heavy atom. The van der Waals surface area contributed by atoms with Gasteiger partial charge in [0, 0.05) is 6.07 Å². The molecule has 0 unspecified atom stereocenters. The number of halogens is 3. The number of hydrazine groups is 1. The molecular weight excluding hydrogens is 331 g/mol. The first kappa shape index (κ1) is 17.7. The second kappa shape index (κ2) is 6.87. The van der Waals surface area contributed by atoms with E-state index in [-0.39, 0.29) is 18.3 Å². The predicted octanol–water partition coefficient (Wildman–Crippen LogP) is 1.55. The lowest BCUT2D eigenvalue weighted by molar-refractivity contribution is -0.139. The number of rotatable bonds is 7. The molecule has 0 saturated heterocycles. The van der Waals surface area contributed by atoms with Crippen molar-refractivity contribution in [2.45, 2.75) is 19.0 Å². The number of ether oxygens (including phenoxy) is 2. The molecule has 7 nitrogen and oxygen atoms in total. The molecule has 132 valence electrons. The van der Waals surface area contributed by atoms with Crippen molar-refractivity contribution < 1.29 is 32.5 Å². The third-order valence-corrected chi connectivity index (χ3v) is 3.26. The van der Waals surface area contributed by atoms with Crippen LogP contribution in [-0.2, 0) is 11.0 Å². The fourth-order valence-corrected chi connectivity index (χ4v) is 1.83. The molecule has 0 bridgehead atoms. The van der Waals surface area contributed by atoms with Gasteiger partial charge in [-0.2, -0.15) is 13.2 Å². The standard InChI is InChI=1S/C14H16F3N3O4/c15-14(16,17)9-4-3-8(5-10(9)23-6-7-1-2-7)24-12(18)11(20-19)13(21)22/h3-5,7,20H,1-2,6,18-19H2,(H,21,22)/b12-11+. The van der Waals surface area contributed by atoms with E-state index in [1.54, 1.807) is 0 Å². The van der Waals surface area contributed by atoms with Gasteiger partial charge in [-0.3, -0.25) is 5.84 Å². The topological polar surface area (TPSA) is 120 Å². The number of carboxylic acid groups (broad SMARTS) is 1. The third-order valence-electron chi connectivity index (χ3n) is 3.26. The van der Waals surface area contributed by atoms with Crippen LogP contribution in [0.25, 0.3) is 0 Å². The average molecular weight is 347 g/mol. The lowest BCUT2D eigenvalue weighted by atomic mass is 10.2. The van der Waals surface area contributed by atoms with E-state index in [4.69, 9.17) is 26.2 Å². The first-order chi connectivity index (χ1) is 11.2. The Labute approximate surface area is 135 Å². The summed E-state index contributed by atoms with van der Waals surface area (Å²) in [7, 11) is 0. The summed E-state index contributed by atoms with van der Waals surface area (Å²) in [6.07, 6.45) is -2.77. The number of hydrogen-bond acceptors (Lipinski definition) is 6. The van der Waals surface area contributed by atoms with Crippen LogP contribution < -0.4 is 26.5 Å². The molecule has 0 heterocycles. The lowest BCUT2D eigenvalue weighted by Crippen LogP contribution is -2.31. The van der Waals surface area contributed by atoms with Gasteiger partial charge in [-0.1, -0.05) is 0 Å². The van der Waals surface area contributed by atoms with E-state index in [9.17, 15) is 18.0 Å². The van der Waals surface area contributed by atoms with Gasteiger partial charge in [0.25, 0.3) is 0 Å². The van der Waals surface area contributed by atoms with Gasteiger partial charge >= 0.3 is 12.1 Å². The molecule has 1 saturated carbocycles. The summed E-state index contributed by atoms with van der Waals surface area (Å²) in [4.78, 5) is 10.9. The zero-order chi connectivity index (χ0) is 17.9. The SMILES string of the molecule is NN/C(C(=O)O)=C(\N)Oc1ccc(C(F)(F)F)c(OCC2CC2)c1. The summed E-state index contributed by atoms with van der Waals surface area (Å²) in [5, 5.41) is 8.85. The minimum Gasteiger partial charge on any atom is -0.493 e. The van der Waals surface area contributed by atoms with Crippen molar-refractivity contribution in [3.8, 4) is 11.5 Å². The predicted molar refractivity (Wildman–Crippen MR) is 76.5 cm³/mol. The molecule has 0 aliphatic heterocycles. The van der Waals surface area contributed by atoms with Crippen LogP contribution in [0.5, 0.6) is 11.5 Å². The van der Waals surface area contributed by atoms with Crippen molar-refractivity contribution in [3.63, 3.8) is 0 Å². The van der Waals surface area contributed by atoms with Crippen LogP contribution in [0.3, 0.4) is 0 Å². The monoisotopic (exact) mass is 347 g/mol. The van der Waals surface area contributed by atoms with Crippen LogP contribution in [0.4, 0.5) is 13.2 Å². The zero-order valence-corrected chi connectivity index (χ0v) is 12.4. The highest BCUT2D eigenvalue weighted by Crippen LogP contribution is 2.39. The Kier molecular flexibility index (Phi) is 5.07. The molecule has 1 aliphatic carbocycles. The van der Waals surface area contributed by atoms with Crippen LogP contribution in [0.1, 0.15) is 18.4 Å². The maximum absolute atomic E-state index is 13.0. The molecule has 0 radical (unpaired) electrons. The number of nitrogens with two attached hydrogens (primary N) is 2. The van der Waals surface area contributed by atoms with Crippen molar-refractivity contribution >= 4 is 5.97 Å². The van der Waals surface area contributed by atoms with E-state index in [0.29, 0.717) is 0 Å². The number of aliphatic carboxylic acids is 1. The van der Waals surface area contributed by atoms with Crippen LogP contribution in [-0.4, -0.2) is 17.7 Å². The molecule has 0 spiro atoms. The summed E-state index contributed by atoms with van der Waals surface area (Å²) in [6, 6.07) is 2.80. The molecule has 24 heavy (non-hydrogen) atoms. The van der Waals surface area contributed by atoms with E-state index in [0.717, 1.165) is 31.0 Å². The molecule has 2 rings (SSSR count). The van der Waals surface area contributed by atoms with Gasteiger partial charge in [-0.05, 0) is 30.9 Å². The first-order valence-corrected chi connectivity index (χ1v) is 6.94. The maximum Gasteiger partial charge on any atom is 0.419 e. The minimum absolute atomic E-state index is 0.111. The van der Waals surface area contributed by atoms with Crippen LogP contribution in [0.15, 0.2) is 29.8 Å². The molecular formula is C14H16F3N3O4. The van der Waals surface area contributed by atoms with Crippen molar-refractivity contribution in [2.24, 2.45) is 17.5 Å². The second-order valence-electron chi connectivity index (χ2n) is 5.20. The largest absolute Gasteiger partial charge is 0.493 e. The van der Waals surface area contributed by atoms with Gasteiger partial charge in [0.05, 0.1) is 12.2 Å². The second-order valence-corrected chi connectivity index (χ2v) is 5.20. The summed E-state index contributed by atoms with van der Waals surface area (Å²) < 4.78 is 49.3. The number of nitrogens with one attached hydrogen (secondary N) is 1. The molecule has 1 aromatic carbocycles. The highest BCUT2D eigenvalue weighted by molar-refractivity contribution is 5.86. The first-order valence-electron chi connectivity index (χ1n) is 6.94. The van der Waals surface area contributed by atoms with E-state index in [1.807, 2.05) is 5.43 Å². The van der Waals surface area contributed by atoms with Crippen molar-refractivity contribution in [1.29, 1.82) is 0 Å². The summed E-state index contributed by atoms with van der Waals surface area (Å²) in [5.41, 5.74) is 5.70. The van der Waals surface area contributed by atoms with E-state index in [1.165, 1.54) is 0 Å². The summed E-state index contributed by atoms with van der Waals surface area (Å²) in [5.74, 6) is 2.66. The number of alkyl halides is 3. The molecule has 0 aromatic heterocycles. The highest BCUT2D eigenvalue weighted by Gasteiger charge is 2.35. The Morgan fingerprint density at radius 3 is 2.54 bits per heavy atom. The Morgan fingerprint density at radius 2 is 2.04 bits per heavy atom. The highest BCUT2D eigenvalue weighted by atomic mass is 19.4. The van der Waals surface area contributed by atoms with Crippen LogP contribution in [0, 0.1) is 5.92 Å².